The molecular weight excluding hydrogens is 380 g/mol. The Morgan fingerprint density at radius 3 is 2.28 bits per heavy atom. The Morgan fingerprint density at radius 2 is 1.69 bits per heavy atom. The molecule has 0 N–H and O–H groups in total. The number of carbonyl (C=O) groups is 2. The van der Waals surface area contributed by atoms with Gasteiger partial charge in [0.1, 0.15) is 11.4 Å². The van der Waals surface area contributed by atoms with Crippen molar-refractivity contribution in [2.75, 3.05) is 12.0 Å². The van der Waals surface area contributed by atoms with E-state index in [1.165, 1.54) is 25.3 Å². The van der Waals surface area contributed by atoms with E-state index in [-0.39, 0.29) is 24.2 Å². The van der Waals surface area contributed by atoms with E-state index in [1.807, 2.05) is 0 Å². The van der Waals surface area contributed by atoms with Gasteiger partial charge in [-0.1, -0.05) is 24.3 Å². The number of rotatable bonds is 5. The van der Waals surface area contributed by atoms with E-state index in [9.17, 15) is 18.4 Å². The van der Waals surface area contributed by atoms with Crippen LogP contribution in [0.1, 0.15) is 37.5 Å². The van der Waals surface area contributed by atoms with Gasteiger partial charge < -0.3 is 14.4 Å². The summed E-state index contributed by atoms with van der Waals surface area (Å²) in [5.41, 5.74) is 0.293. The predicted molar refractivity (Wildman–Crippen MR) is 104 cm³/mol. The van der Waals surface area contributed by atoms with Crippen molar-refractivity contribution in [3.8, 4) is 5.75 Å². The number of ether oxygens (including phenoxy) is 2. The van der Waals surface area contributed by atoms with Gasteiger partial charge in [-0.2, -0.15) is 8.78 Å². The SMILES string of the molecule is COc1ccc(CN2C(=O)C(F)(F)c3ccc(CC(=O)OC(C)(C)C)cc32)cc1. The van der Waals surface area contributed by atoms with Crippen molar-refractivity contribution in [1.82, 2.24) is 0 Å². The highest BCUT2D eigenvalue weighted by Crippen LogP contribution is 2.45. The Bertz CT molecular complexity index is 933. The van der Waals surface area contributed by atoms with Gasteiger partial charge >= 0.3 is 17.8 Å². The number of esters is 1. The van der Waals surface area contributed by atoms with E-state index in [4.69, 9.17) is 9.47 Å². The molecule has 0 radical (unpaired) electrons. The summed E-state index contributed by atoms with van der Waals surface area (Å²) in [6, 6.07) is 10.9. The molecular formula is C22H23F2NO4. The maximum atomic E-state index is 14.5. The minimum atomic E-state index is -3.60. The van der Waals surface area contributed by atoms with Gasteiger partial charge in [-0.3, -0.25) is 9.59 Å². The molecule has 0 aromatic heterocycles. The maximum absolute atomic E-state index is 14.5. The second-order valence-electron chi connectivity index (χ2n) is 7.93. The maximum Gasteiger partial charge on any atom is 0.352 e. The lowest BCUT2D eigenvalue weighted by atomic mass is 10.0. The summed E-state index contributed by atoms with van der Waals surface area (Å²) in [5.74, 6) is -4.72. The molecule has 0 aliphatic carbocycles. The molecule has 1 aliphatic rings. The average Bonchev–Trinajstić information content (AvgIpc) is 2.81. The smallest absolute Gasteiger partial charge is 0.352 e. The molecule has 154 valence electrons. The van der Waals surface area contributed by atoms with Gasteiger partial charge in [0.25, 0.3) is 0 Å². The van der Waals surface area contributed by atoms with Crippen molar-refractivity contribution < 1.29 is 27.8 Å². The van der Waals surface area contributed by atoms with Crippen LogP contribution in [0.15, 0.2) is 42.5 Å². The molecule has 7 heteroatoms. The topological polar surface area (TPSA) is 55.8 Å². The minimum absolute atomic E-state index is 0.0126. The van der Waals surface area contributed by atoms with Crippen molar-refractivity contribution in [1.29, 1.82) is 0 Å². The molecule has 1 heterocycles. The zero-order valence-corrected chi connectivity index (χ0v) is 16.8. The number of fused-ring (bicyclic) bond motifs is 1. The first-order chi connectivity index (χ1) is 13.5. The van der Waals surface area contributed by atoms with Gasteiger partial charge in [-0.15, -0.1) is 0 Å². The first-order valence-corrected chi connectivity index (χ1v) is 9.19. The molecule has 3 rings (SSSR count). The third-order valence-corrected chi connectivity index (χ3v) is 4.47. The minimum Gasteiger partial charge on any atom is -0.497 e. The lowest BCUT2D eigenvalue weighted by Crippen LogP contribution is -2.34. The van der Waals surface area contributed by atoms with Gasteiger partial charge in [-0.05, 0) is 50.1 Å². The van der Waals surface area contributed by atoms with E-state index < -0.39 is 23.4 Å². The number of anilines is 1. The average molecular weight is 403 g/mol. The van der Waals surface area contributed by atoms with E-state index in [0.29, 0.717) is 16.9 Å². The lowest BCUT2D eigenvalue weighted by molar-refractivity contribution is -0.153. The van der Waals surface area contributed by atoms with Crippen LogP contribution in [0.4, 0.5) is 14.5 Å². The van der Waals surface area contributed by atoms with Crippen LogP contribution in [0.25, 0.3) is 0 Å². The van der Waals surface area contributed by atoms with Crippen LogP contribution in [0.3, 0.4) is 0 Å². The second-order valence-corrected chi connectivity index (χ2v) is 7.93. The second kappa shape index (κ2) is 7.46. The third kappa shape index (κ3) is 4.39. The molecule has 0 fully saturated rings. The van der Waals surface area contributed by atoms with Crippen LogP contribution >= 0.6 is 0 Å². The van der Waals surface area contributed by atoms with Gasteiger partial charge in [0.05, 0.1) is 31.3 Å². The van der Waals surface area contributed by atoms with Crippen molar-refractivity contribution in [3.05, 3.63) is 59.2 Å². The van der Waals surface area contributed by atoms with Crippen LogP contribution in [0.5, 0.6) is 5.75 Å². The highest BCUT2D eigenvalue weighted by Gasteiger charge is 2.52. The predicted octanol–water partition coefficient (Wildman–Crippen LogP) is 4.22. The molecule has 0 saturated carbocycles. The summed E-state index contributed by atoms with van der Waals surface area (Å²) in [5, 5.41) is 0. The molecule has 0 atom stereocenters. The fourth-order valence-electron chi connectivity index (χ4n) is 3.18. The summed E-state index contributed by atoms with van der Waals surface area (Å²) in [6.07, 6.45) is -0.0688. The molecule has 1 aliphatic heterocycles. The summed E-state index contributed by atoms with van der Waals surface area (Å²) >= 11 is 0. The van der Waals surface area contributed by atoms with Crippen molar-refractivity contribution >= 4 is 17.6 Å². The van der Waals surface area contributed by atoms with E-state index in [1.54, 1.807) is 45.0 Å². The van der Waals surface area contributed by atoms with Crippen molar-refractivity contribution in [3.63, 3.8) is 0 Å². The fourth-order valence-corrected chi connectivity index (χ4v) is 3.18. The highest BCUT2D eigenvalue weighted by atomic mass is 19.3. The summed E-state index contributed by atoms with van der Waals surface area (Å²) < 4.78 is 39.4. The Labute approximate surface area is 168 Å². The molecule has 29 heavy (non-hydrogen) atoms. The molecule has 0 bridgehead atoms. The van der Waals surface area contributed by atoms with Crippen LogP contribution in [-0.4, -0.2) is 24.6 Å². The van der Waals surface area contributed by atoms with Crippen LogP contribution in [0.2, 0.25) is 0 Å². The number of carbonyl (C=O) groups excluding carboxylic acids is 2. The lowest BCUT2D eigenvalue weighted by Gasteiger charge is -2.20. The van der Waals surface area contributed by atoms with Crippen molar-refractivity contribution in [2.45, 2.75) is 45.3 Å². The van der Waals surface area contributed by atoms with Crippen LogP contribution in [0, 0.1) is 0 Å². The first-order valence-electron chi connectivity index (χ1n) is 9.19. The number of methoxy groups -OCH3 is 1. The number of hydrogen-bond acceptors (Lipinski definition) is 4. The fraction of sp³-hybridized carbons (Fsp3) is 0.364. The molecule has 1 amide bonds. The zero-order chi connectivity index (χ0) is 21.4. The Morgan fingerprint density at radius 1 is 1.07 bits per heavy atom. The molecule has 0 saturated heterocycles. The number of alkyl halides is 2. The number of amides is 1. The van der Waals surface area contributed by atoms with Gasteiger partial charge in [0.2, 0.25) is 0 Å². The van der Waals surface area contributed by atoms with Crippen LogP contribution in [-0.2, 0) is 33.2 Å². The normalized spacial score (nSPS) is 15.2. The number of nitrogens with zero attached hydrogens (tertiary/aromatic N) is 1. The number of hydrogen-bond donors (Lipinski definition) is 0. The van der Waals surface area contributed by atoms with Gasteiger partial charge in [-0.25, -0.2) is 0 Å². The zero-order valence-electron chi connectivity index (χ0n) is 16.8. The Balaban J connectivity index is 1.88. The summed E-state index contributed by atoms with van der Waals surface area (Å²) in [6.45, 7) is 5.25. The van der Waals surface area contributed by atoms with Crippen molar-refractivity contribution in [2.24, 2.45) is 0 Å². The molecule has 2 aromatic carbocycles. The summed E-state index contributed by atoms with van der Waals surface area (Å²) in [4.78, 5) is 25.5. The summed E-state index contributed by atoms with van der Waals surface area (Å²) in [7, 11) is 1.53. The standard InChI is InChI=1S/C22H23F2NO4/c1-21(2,3)29-19(26)12-15-7-10-17-18(11-15)25(20(27)22(17,23)24)13-14-5-8-16(28-4)9-6-14/h5-11H,12-13H2,1-4H3. The molecule has 0 spiro atoms. The van der Waals surface area contributed by atoms with E-state index in [0.717, 1.165) is 4.90 Å². The molecule has 0 unspecified atom stereocenters. The quantitative estimate of drug-likeness (QED) is 0.702. The van der Waals surface area contributed by atoms with Gasteiger partial charge in [0, 0.05) is 0 Å². The molecule has 5 nitrogen and oxygen atoms in total. The largest absolute Gasteiger partial charge is 0.497 e. The third-order valence-electron chi connectivity index (χ3n) is 4.47. The van der Waals surface area contributed by atoms with E-state index >= 15 is 0 Å². The number of benzene rings is 2. The monoisotopic (exact) mass is 403 g/mol. The first kappa shape index (κ1) is 20.8. The molecule has 2 aromatic rings. The highest BCUT2D eigenvalue weighted by molar-refractivity contribution is 6.06. The van der Waals surface area contributed by atoms with E-state index in [2.05, 4.69) is 0 Å². The van der Waals surface area contributed by atoms with Gasteiger partial charge in [0.15, 0.2) is 0 Å². The Kier molecular flexibility index (Phi) is 5.34. The number of halogens is 2. The Hall–Kier alpha value is -2.96. The van der Waals surface area contributed by atoms with Crippen LogP contribution < -0.4 is 9.64 Å².